The summed E-state index contributed by atoms with van der Waals surface area (Å²) in [4.78, 5) is 26.7. The van der Waals surface area contributed by atoms with E-state index in [-0.39, 0.29) is 29.3 Å². The Morgan fingerprint density at radius 1 is 1.11 bits per heavy atom. The number of hydrogen-bond acceptors (Lipinski definition) is 6. The predicted octanol–water partition coefficient (Wildman–Crippen LogP) is 6.10. The molecule has 0 radical (unpaired) electrons. The number of amides is 1. The molecule has 8 heteroatoms. The van der Waals surface area contributed by atoms with Gasteiger partial charge in [-0.3, -0.25) is 15.1 Å². The lowest BCUT2D eigenvalue weighted by molar-refractivity contribution is -0.134. The van der Waals surface area contributed by atoms with Crippen LogP contribution in [0.2, 0.25) is 0 Å². The van der Waals surface area contributed by atoms with Crippen molar-refractivity contribution in [3.8, 4) is 11.3 Å². The molecule has 3 aromatic rings. The monoisotopic (exact) mass is 502 g/mol. The fourth-order valence-electron chi connectivity index (χ4n) is 4.78. The van der Waals surface area contributed by atoms with Gasteiger partial charge in [-0.15, -0.1) is 0 Å². The number of nitrogen functional groups attached to an aromatic ring is 1. The number of hydrogen-bond donors (Lipinski definition) is 4. The lowest BCUT2D eigenvalue weighted by Gasteiger charge is -2.33. The van der Waals surface area contributed by atoms with Gasteiger partial charge >= 0.3 is 5.97 Å². The molecule has 1 saturated carbocycles. The number of carboxylic acids is 1. The number of amidine groups is 1. The van der Waals surface area contributed by atoms with E-state index in [1.54, 1.807) is 32.0 Å². The minimum Gasteiger partial charge on any atom is -0.478 e. The van der Waals surface area contributed by atoms with Crippen molar-refractivity contribution in [2.75, 3.05) is 11.1 Å². The SMILES string of the molecule is CC1CCC(C(=O)N(C(=N)/C(=C\Nc2ccc(-c3cc4cc(N)ccc4o3)cc2)C(=O)O)C(C)C)CC1. The Kier molecular flexibility index (Phi) is 7.66. The second-order valence-corrected chi connectivity index (χ2v) is 10.1. The third-order valence-corrected chi connectivity index (χ3v) is 6.94. The molecule has 0 bridgehead atoms. The number of fused-ring (bicyclic) bond motifs is 1. The second kappa shape index (κ2) is 10.9. The molecule has 1 fully saturated rings. The summed E-state index contributed by atoms with van der Waals surface area (Å²) in [7, 11) is 0. The number of aliphatic carboxylic acids is 1. The molecular weight excluding hydrogens is 468 g/mol. The third-order valence-electron chi connectivity index (χ3n) is 6.94. The van der Waals surface area contributed by atoms with Gasteiger partial charge in [-0.1, -0.05) is 6.92 Å². The van der Waals surface area contributed by atoms with E-state index in [4.69, 9.17) is 15.6 Å². The van der Waals surface area contributed by atoms with E-state index in [0.29, 0.717) is 23.1 Å². The summed E-state index contributed by atoms with van der Waals surface area (Å²) in [5.74, 6) is -0.644. The lowest BCUT2D eigenvalue weighted by atomic mass is 9.82. The Hall–Kier alpha value is -4.07. The van der Waals surface area contributed by atoms with Crippen LogP contribution < -0.4 is 11.1 Å². The summed E-state index contributed by atoms with van der Waals surface area (Å²) in [6, 6.07) is 14.4. The maximum Gasteiger partial charge on any atom is 0.340 e. The number of nitrogens with zero attached hydrogens (tertiary/aromatic N) is 1. The molecule has 0 saturated heterocycles. The van der Waals surface area contributed by atoms with Gasteiger partial charge in [0.25, 0.3) is 0 Å². The van der Waals surface area contributed by atoms with E-state index < -0.39 is 5.97 Å². The molecule has 0 aliphatic heterocycles. The fourth-order valence-corrected chi connectivity index (χ4v) is 4.78. The number of furan rings is 1. The molecule has 5 N–H and O–H groups in total. The molecule has 37 heavy (non-hydrogen) atoms. The Balaban J connectivity index is 1.50. The average molecular weight is 503 g/mol. The number of nitrogens with two attached hydrogens (primary N) is 1. The molecule has 194 valence electrons. The van der Waals surface area contributed by atoms with E-state index in [9.17, 15) is 14.7 Å². The summed E-state index contributed by atoms with van der Waals surface area (Å²) >= 11 is 0. The van der Waals surface area contributed by atoms with Crippen LogP contribution in [0.1, 0.15) is 46.5 Å². The van der Waals surface area contributed by atoms with Gasteiger partial charge in [0, 0.05) is 40.5 Å². The average Bonchev–Trinajstić information content (AvgIpc) is 3.28. The molecule has 0 atom stereocenters. The Morgan fingerprint density at radius 3 is 2.41 bits per heavy atom. The zero-order valence-corrected chi connectivity index (χ0v) is 21.5. The highest BCUT2D eigenvalue weighted by molar-refractivity contribution is 6.21. The fraction of sp³-hybridized carbons (Fsp3) is 0.345. The summed E-state index contributed by atoms with van der Waals surface area (Å²) in [5, 5.41) is 22.4. The smallest absolute Gasteiger partial charge is 0.340 e. The first kappa shape index (κ1) is 26.0. The molecule has 0 unspecified atom stereocenters. The lowest BCUT2D eigenvalue weighted by Crippen LogP contribution is -2.47. The molecule has 8 nitrogen and oxygen atoms in total. The van der Waals surface area contributed by atoms with Crippen molar-refractivity contribution in [1.82, 2.24) is 4.90 Å². The summed E-state index contributed by atoms with van der Waals surface area (Å²) in [6.45, 7) is 5.78. The second-order valence-electron chi connectivity index (χ2n) is 10.1. The number of carboxylic acid groups (broad SMARTS) is 1. The van der Waals surface area contributed by atoms with Crippen molar-refractivity contribution in [2.24, 2.45) is 11.8 Å². The maximum atomic E-state index is 13.3. The molecule has 1 aliphatic carbocycles. The summed E-state index contributed by atoms with van der Waals surface area (Å²) in [6.07, 6.45) is 4.75. The highest BCUT2D eigenvalue weighted by atomic mass is 16.4. The van der Waals surface area contributed by atoms with Crippen LogP contribution in [-0.2, 0) is 9.59 Å². The first-order valence-corrected chi connectivity index (χ1v) is 12.7. The zero-order chi connectivity index (χ0) is 26.7. The predicted molar refractivity (Wildman–Crippen MR) is 146 cm³/mol. The Morgan fingerprint density at radius 2 is 1.78 bits per heavy atom. The van der Waals surface area contributed by atoms with Crippen molar-refractivity contribution >= 4 is 40.1 Å². The summed E-state index contributed by atoms with van der Waals surface area (Å²) < 4.78 is 5.91. The normalized spacial score (nSPS) is 18.1. The van der Waals surface area contributed by atoms with E-state index in [0.717, 1.165) is 42.2 Å². The van der Waals surface area contributed by atoms with Crippen molar-refractivity contribution in [3.05, 3.63) is 60.3 Å². The molecule has 1 heterocycles. The van der Waals surface area contributed by atoms with E-state index in [2.05, 4.69) is 12.2 Å². The molecule has 2 aromatic carbocycles. The molecular formula is C29H34N4O4. The summed E-state index contributed by atoms with van der Waals surface area (Å²) in [5.41, 5.74) is 8.48. The molecule has 1 amide bonds. The maximum absolute atomic E-state index is 13.3. The standard InChI is InChI=1S/C29H34N4O4/c1-17(2)33(28(34)20-6-4-18(3)5-7-20)27(31)24(29(35)36)16-32-23-11-8-19(9-12-23)26-15-21-14-22(30)10-13-25(21)37-26/h8-18,20,31-32H,4-7,30H2,1-3H3,(H,35,36)/b24-16+,31-27?. The molecule has 1 aromatic heterocycles. The first-order chi connectivity index (χ1) is 17.6. The van der Waals surface area contributed by atoms with Gasteiger partial charge in [0.1, 0.15) is 22.8 Å². The van der Waals surface area contributed by atoms with Crippen molar-refractivity contribution < 1.29 is 19.1 Å². The first-order valence-electron chi connectivity index (χ1n) is 12.7. The van der Waals surface area contributed by atoms with Crippen LogP contribution in [0.5, 0.6) is 0 Å². The van der Waals surface area contributed by atoms with Gasteiger partial charge in [-0.05, 0) is 94.0 Å². The van der Waals surface area contributed by atoms with E-state index in [1.165, 1.54) is 11.1 Å². The number of carbonyl (C=O) groups excluding carboxylic acids is 1. The quantitative estimate of drug-likeness (QED) is 0.133. The third kappa shape index (κ3) is 5.85. The van der Waals surface area contributed by atoms with Crippen molar-refractivity contribution in [1.29, 1.82) is 5.41 Å². The zero-order valence-electron chi connectivity index (χ0n) is 21.5. The highest BCUT2D eigenvalue weighted by Crippen LogP contribution is 2.31. The van der Waals surface area contributed by atoms with E-state index in [1.807, 2.05) is 30.3 Å². The van der Waals surface area contributed by atoms with Crippen molar-refractivity contribution in [3.63, 3.8) is 0 Å². The minimum atomic E-state index is -1.27. The van der Waals surface area contributed by atoms with E-state index >= 15 is 0 Å². The number of anilines is 2. The number of carbonyl (C=O) groups is 2. The Labute approximate surface area is 216 Å². The van der Waals surface area contributed by atoms with Crippen LogP contribution in [0.4, 0.5) is 11.4 Å². The van der Waals surface area contributed by atoms with Gasteiger partial charge in [-0.25, -0.2) is 4.79 Å². The van der Waals surface area contributed by atoms with Gasteiger partial charge in [0.15, 0.2) is 0 Å². The highest BCUT2D eigenvalue weighted by Gasteiger charge is 2.33. The number of benzene rings is 2. The number of rotatable bonds is 7. The van der Waals surface area contributed by atoms with Gasteiger partial charge in [0.2, 0.25) is 5.91 Å². The van der Waals surface area contributed by atoms with Gasteiger partial charge in [0.05, 0.1) is 0 Å². The minimum absolute atomic E-state index is 0.170. The topological polar surface area (TPSA) is 133 Å². The van der Waals surface area contributed by atoms with Crippen molar-refractivity contribution in [2.45, 2.75) is 52.5 Å². The van der Waals surface area contributed by atoms with Gasteiger partial charge in [-0.2, -0.15) is 0 Å². The van der Waals surface area contributed by atoms with Crippen LogP contribution in [0.15, 0.2) is 64.7 Å². The van der Waals surface area contributed by atoms with Gasteiger partial charge < -0.3 is 20.6 Å². The van der Waals surface area contributed by atoms with Crippen LogP contribution in [0.3, 0.4) is 0 Å². The molecule has 4 rings (SSSR count). The Bertz CT molecular complexity index is 1330. The van der Waals surface area contributed by atoms with Crippen LogP contribution >= 0.6 is 0 Å². The molecule has 1 aliphatic rings. The van der Waals surface area contributed by atoms with Crippen LogP contribution in [0, 0.1) is 17.2 Å². The van der Waals surface area contributed by atoms with Crippen LogP contribution in [0.25, 0.3) is 22.3 Å². The number of nitrogens with one attached hydrogen (secondary N) is 2. The molecule has 0 spiro atoms. The largest absolute Gasteiger partial charge is 0.478 e. The van der Waals surface area contributed by atoms with Crippen LogP contribution in [-0.4, -0.2) is 33.8 Å².